The average Bonchev–Trinajstić information content (AvgIpc) is 3.08. The Morgan fingerprint density at radius 2 is 1.86 bits per heavy atom. The van der Waals surface area contributed by atoms with Crippen molar-refractivity contribution in [2.24, 2.45) is 0 Å². The lowest BCUT2D eigenvalue weighted by Gasteiger charge is -2.18. The lowest BCUT2D eigenvalue weighted by molar-refractivity contribution is 0.912. The lowest BCUT2D eigenvalue weighted by atomic mass is 10.1. The molecule has 1 saturated heterocycles. The van der Waals surface area contributed by atoms with E-state index in [0.29, 0.717) is 0 Å². The first-order chi connectivity index (χ1) is 10.4. The van der Waals surface area contributed by atoms with Crippen molar-refractivity contribution in [3.63, 3.8) is 0 Å². The summed E-state index contributed by atoms with van der Waals surface area (Å²) in [4.78, 5) is 11.7. The van der Waals surface area contributed by atoms with E-state index in [1.165, 1.54) is 12.8 Å². The molecule has 0 radical (unpaired) electrons. The Morgan fingerprint density at radius 1 is 1.10 bits per heavy atom. The van der Waals surface area contributed by atoms with Gasteiger partial charge in [-0.1, -0.05) is 37.3 Å². The molecule has 0 aliphatic carbocycles. The van der Waals surface area contributed by atoms with Gasteiger partial charge in [0.15, 0.2) is 0 Å². The highest BCUT2D eigenvalue weighted by atomic mass is 15.2. The van der Waals surface area contributed by atoms with Crippen molar-refractivity contribution in [3.8, 4) is 11.3 Å². The number of nitrogens with one attached hydrogen (secondary N) is 1. The molecule has 4 heteroatoms. The molecule has 1 aliphatic heterocycles. The second kappa shape index (κ2) is 6.57. The average molecular weight is 282 g/mol. The van der Waals surface area contributed by atoms with Gasteiger partial charge in [-0.3, -0.25) is 0 Å². The number of aromatic nitrogens is 2. The van der Waals surface area contributed by atoms with Gasteiger partial charge >= 0.3 is 0 Å². The van der Waals surface area contributed by atoms with Crippen molar-refractivity contribution in [1.82, 2.24) is 9.97 Å². The van der Waals surface area contributed by atoms with Crippen molar-refractivity contribution in [2.75, 3.05) is 29.9 Å². The molecule has 0 atom stereocenters. The van der Waals surface area contributed by atoms with Gasteiger partial charge in [-0.25, -0.2) is 4.98 Å². The Bertz CT molecular complexity index is 577. The number of benzene rings is 1. The van der Waals surface area contributed by atoms with Crippen molar-refractivity contribution in [2.45, 2.75) is 26.2 Å². The molecule has 1 aliphatic rings. The molecule has 4 nitrogen and oxygen atoms in total. The molecule has 1 aromatic carbocycles. The Balaban J connectivity index is 1.96. The summed E-state index contributed by atoms with van der Waals surface area (Å²) in [5.41, 5.74) is 2.13. The van der Waals surface area contributed by atoms with E-state index >= 15 is 0 Å². The Morgan fingerprint density at radius 3 is 2.57 bits per heavy atom. The highest BCUT2D eigenvalue weighted by Gasteiger charge is 2.16. The van der Waals surface area contributed by atoms with Crippen LogP contribution in [0.1, 0.15) is 26.2 Å². The third-order valence-corrected chi connectivity index (χ3v) is 3.75. The first-order valence-electron chi connectivity index (χ1n) is 7.80. The molecule has 0 unspecified atom stereocenters. The third-order valence-electron chi connectivity index (χ3n) is 3.75. The van der Waals surface area contributed by atoms with E-state index in [9.17, 15) is 0 Å². The molecule has 1 N–H and O–H groups in total. The maximum atomic E-state index is 4.68. The molecule has 0 spiro atoms. The van der Waals surface area contributed by atoms with Crippen LogP contribution in [0.2, 0.25) is 0 Å². The van der Waals surface area contributed by atoms with Crippen molar-refractivity contribution >= 4 is 11.8 Å². The van der Waals surface area contributed by atoms with Gasteiger partial charge < -0.3 is 10.2 Å². The standard InChI is InChI=1S/C17H22N4/c1-2-10-18-17-19-15(14-8-4-3-5-9-14)13-16(20-17)21-11-6-7-12-21/h3-5,8-9,13H,2,6-7,10-12H2,1H3,(H,18,19,20). The summed E-state index contributed by atoms with van der Waals surface area (Å²) in [5.74, 6) is 1.78. The summed E-state index contributed by atoms with van der Waals surface area (Å²) in [6, 6.07) is 12.4. The summed E-state index contributed by atoms with van der Waals surface area (Å²) >= 11 is 0. The predicted octanol–water partition coefficient (Wildman–Crippen LogP) is 3.57. The van der Waals surface area contributed by atoms with E-state index < -0.39 is 0 Å². The summed E-state index contributed by atoms with van der Waals surface area (Å²) in [7, 11) is 0. The topological polar surface area (TPSA) is 41.1 Å². The Labute approximate surface area is 126 Å². The predicted molar refractivity (Wildman–Crippen MR) is 87.7 cm³/mol. The Hall–Kier alpha value is -2.10. The van der Waals surface area contributed by atoms with Crippen LogP contribution < -0.4 is 10.2 Å². The first kappa shape index (κ1) is 13.9. The molecule has 110 valence electrons. The van der Waals surface area contributed by atoms with E-state index in [1.54, 1.807) is 0 Å². The minimum absolute atomic E-state index is 0.736. The SMILES string of the molecule is CCCNc1nc(-c2ccccc2)cc(N2CCCC2)n1. The normalized spacial score (nSPS) is 14.4. The molecule has 2 heterocycles. The fourth-order valence-corrected chi connectivity index (χ4v) is 2.62. The van der Waals surface area contributed by atoms with Crippen molar-refractivity contribution in [3.05, 3.63) is 36.4 Å². The van der Waals surface area contributed by atoms with Gasteiger partial charge in [-0.15, -0.1) is 0 Å². The van der Waals surface area contributed by atoms with Crippen LogP contribution in [0.4, 0.5) is 11.8 Å². The molecule has 3 rings (SSSR count). The van der Waals surface area contributed by atoms with Crippen LogP contribution >= 0.6 is 0 Å². The molecule has 1 fully saturated rings. The largest absolute Gasteiger partial charge is 0.356 e. The number of rotatable bonds is 5. The van der Waals surface area contributed by atoms with Crippen LogP contribution in [-0.4, -0.2) is 29.6 Å². The van der Waals surface area contributed by atoms with E-state index in [0.717, 1.165) is 49.1 Å². The van der Waals surface area contributed by atoms with Crippen LogP contribution in [-0.2, 0) is 0 Å². The van der Waals surface area contributed by atoms with E-state index in [2.05, 4.69) is 45.3 Å². The zero-order valence-electron chi connectivity index (χ0n) is 12.5. The molecule has 0 bridgehead atoms. The third kappa shape index (κ3) is 3.32. The Kier molecular flexibility index (Phi) is 4.34. The summed E-state index contributed by atoms with van der Waals surface area (Å²) in [5, 5.41) is 3.32. The summed E-state index contributed by atoms with van der Waals surface area (Å²) in [6.07, 6.45) is 3.57. The van der Waals surface area contributed by atoms with Crippen LogP contribution in [0, 0.1) is 0 Å². The number of hydrogen-bond donors (Lipinski definition) is 1. The first-order valence-corrected chi connectivity index (χ1v) is 7.80. The molecule has 21 heavy (non-hydrogen) atoms. The van der Waals surface area contributed by atoms with E-state index in [1.807, 2.05) is 18.2 Å². The van der Waals surface area contributed by atoms with Crippen LogP contribution in [0.25, 0.3) is 11.3 Å². The second-order valence-electron chi connectivity index (χ2n) is 5.42. The van der Waals surface area contributed by atoms with Gasteiger partial charge in [0.2, 0.25) is 5.95 Å². The summed E-state index contributed by atoms with van der Waals surface area (Å²) in [6.45, 7) is 5.24. The van der Waals surface area contributed by atoms with Gasteiger partial charge in [0, 0.05) is 31.3 Å². The molecule has 0 saturated carbocycles. The zero-order chi connectivity index (χ0) is 14.5. The molecular formula is C17H22N4. The second-order valence-corrected chi connectivity index (χ2v) is 5.42. The number of anilines is 2. The number of nitrogens with zero attached hydrogens (tertiary/aromatic N) is 3. The van der Waals surface area contributed by atoms with Crippen LogP contribution in [0.5, 0.6) is 0 Å². The summed E-state index contributed by atoms with van der Waals surface area (Å²) < 4.78 is 0. The highest BCUT2D eigenvalue weighted by molar-refractivity contribution is 5.64. The smallest absolute Gasteiger partial charge is 0.225 e. The lowest BCUT2D eigenvalue weighted by Crippen LogP contribution is -2.20. The van der Waals surface area contributed by atoms with Crippen LogP contribution in [0.15, 0.2) is 36.4 Å². The fraction of sp³-hybridized carbons (Fsp3) is 0.412. The fourth-order valence-electron chi connectivity index (χ4n) is 2.62. The quantitative estimate of drug-likeness (QED) is 0.910. The maximum Gasteiger partial charge on any atom is 0.225 e. The van der Waals surface area contributed by atoms with Gasteiger partial charge in [0.05, 0.1) is 5.69 Å². The molecule has 1 aromatic heterocycles. The van der Waals surface area contributed by atoms with Gasteiger partial charge in [0.25, 0.3) is 0 Å². The van der Waals surface area contributed by atoms with Gasteiger partial charge in [-0.05, 0) is 19.3 Å². The molecular weight excluding hydrogens is 260 g/mol. The van der Waals surface area contributed by atoms with Crippen molar-refractivity contribution < 1.29 is 0 Å². The maximum absolute atomic E-state index is 4.68. The van der Waals surface area contributed by atoms with E-state index in [-0.39, 0.29) is 0 Å². The minimum atomic E-state index is 0.736. The molecule has 2 aromatic rings. The highest BCUT2D eigenvalue weighted by Crippen LogP contribution is 2.25. The van der Waals surface area contributed by atoms with Crippen LogP contribution in [0.3, 0.4) is 0 Å². The minimum Gasteiger partial charge on any atom is -0.356 e. The van der Waals surface area contributed by atoms with Crippen molar-refractivity contribution in [1.29, 1.82) is 0 Å². The van der Waals surface area contributed by atoms with Gasteiger partial charge in [-0.2, -0.15) is 4.98 Å². The monoisotopic (exact) mass is 282 g/mol. The number of hydrogen-bond acceptors (Lipinski definition) is 4. The van der Waals surface area contributed by atoms with Gasteiger partial charge in [0.1, 0.15) is 5.82 Å². The van der Waals surface area contributed by atoms with E-state index in [4.69, 9.17) is 0 Å². The molecule has 0 amide bonds. The zero-order valence-corrected chi connectivity index (χ0v) is 12.5.